The number of aromatic nitrogens is 1. The van der Waals surface area contributed by atoms with Gasteiger partial charge in [-0.15, -0.1) is 0 Å². The highest BCUT2D eigenvalue weighted by molar-refractivity contribution is 6.02. The van der Waals surface area contributed by atoms with Crippen molar-refractivity contribution in [3.63, 3.8) is 0 Å². The molecular formula is C21H18N2O. The van der Waals surface area contributed by atoms with Crippen molar-refractivity contribution in [1.82, 2.24) is 4.57 Å². The summed E-state index contributed by atoms with van der Waals surface area (Å²) < 4.78 is 1.52. The van der Waals surface area contributed by atoms with E-state index in [9.17, 15) is 10.1 Å². The van der Waals surface area contributed by atoms with Gasteiger partial charge in [-0.3, -0.25) is 9.36 Å². The van der Waals surface area contributed by atoms with Gasteiger partial charge in [-0.1, -0.05) is 56.3 Å². The molecule has 3 aromatic rings. The molecule has 3 nitrogen and oxygen atoms in total. The van der Waals surface area contributed by atoms with Gasteiger partial charge >= 0.3 is 0 Å². The van der Waals surface area contributed by atoms with Gasteiger partial charge in [-0.2, -0.15) is 5.26 Å². The second-order valence-electron chi connectivity index (χ2n) is 6.03. The molecule has 0 amide bonds. The van der Waals surface area contributed by atoms with Crippen LogP contribution in [-0.2, 0) is 0 Å². The van der Waals surface area contributed by atoms with Crippen molar-refractivity contribution in [2.75, 3.05) is 0 Å². The Morgan fingerprint density at radius 2 is 1.83 bits per heavy atom. The number of hydrogen-bond donors (Lipinski definition) is 0. The molecule has 0 radical (unpaired) electrons. The number of carbonyl (C=O) groups excluding carboxylic acids is 1. The average Bonchev–Trinajstić information content (AvgIpc) is 2.99. The van der Waals surface area contributed by atoms with E-state index in [-0.39, 0.29) is 5.91 Å². The fourth-order valence-electron chi connectivity index (χ4n) is 2.69. The van der Waals surface area contributed by atoms with Crippen molar-refractivity contribution >= 4 is 22.9 Å². The Balaban J connectivity index is 1.89. The highest BCUT2D eigenvalue weighted by Crippen LogP contribution is 2.21. The van der Waals surface area contributed by atoms with Crippen LogP contribution in [0.4, 0.5) is 0 Å². The zero-order chi connectivity index (χ0) is 17.1. The molecule has 0 N–H and O–H groups in total. The van der Waals surface area contributed by atoms with E-state index in [0.29, 0.717) is 11.5 Å². The Bertz CT molecular complexity index is 954. The number of allylic oxidation sites excluding steroid dienone is 1. The Morgan fingerprint density at radius 3 is 2.50 bits per heavy atom. The van der Waals surface area contributed by atoms with Crippen LogP contribution in [0.25, 0.3) is 17.0 Å². The van der Waals surface area contributed by atoms with Crippen LogP contribution < -0.4 is 0 Å². The number of hydrogen-bond acceptors (Lipinski definition) is 2. The fraction of sp³-hybridized carbons (Fsp3) is 0.143. The molecule has 118 valence electrons. The van der Waals surface area contributed by atoms with E-state index >= 15 is 0 Å². The summed E-state index contributed by atoms with van der Waals surface area (Å²) in [5.41, 5.74) is 3.51. The molecule has 24 heavy (non-hydrogen) atoms. The summed E-state index contributed by atoms with van der Waals surface area (Å²) in [6.07, 6.45) is 4.93. The third-order valence-electron chi connectivity index (χ3n) is 4.09. The van der Waals surface area contributed by atoms with Crippen LogP contribution >= 0.6 is 0 Å². The second kappa shape index (κ2) is 6.55. The molecule has 0 saturated heterocycles. The minimum atomic E-state index is -0.166. The van der Waals surface area contributed by atoms with Gasteiger partial charge in [0.15, 0.2) is 0 Å². The molecule has 0 spiro atoms. The molecule has 2 aromatic carbocycles. The van der Waals surface area contributed by atoms with Crippen LogP contribution in [0, 0.1) is 11.3 Å². The summed E-state index contributed by atoms with van der Waals surface area (Å²) in [5, 5.41) is 10.0. The largest absolute Gasteiger partial charge is 0.282 e. The van der Waals surface area contributed by atoms with Gasteiger partial charge in [0.1, 0.15) is 6.07 Å². The first-order valence-corrected chi connectivity index (χ1v) is 7.92. The van der Waals surface area contributed by atoms with Crippen LogP contribution in [0.15, 0.2) is 60.8 Å². The monoisotopic (exact) mass is 314 g/mol. The number of para-hydroxylation sites is 1. The zero-order valence-corrected chi connectivity index (χ0v) is 13.7. The lowest BCUT2D eigenvalue weighted by Crippen LogP contribution is -2.05. The molecule has 0 atom stereocenters. The van der Waals surface area contributed by atoms with Crippen molar-refractivity contribution in [1.29, 1.82) is 5.26 Å². The molecule has 1 heterocycles. The number of rotatable bonds is 3. The van der Waals surface area contributed by atoms with Gasteiger partial charge in [0.2, 0.25) is 0 Å². The summed E-state index contributed by atoms with van der Waals surface area (Å²) in [5.74, 6) is 0.320. The summed E-state index contributed by atoms with van der Waals surface area (Å²) in [6, 6.07) is 17.7. The Morgan fingerprint density at radius 1 is 1.12 bits per heavy atom. The first kappa shape index (κ1) is 15.8. The predicted octanol–water partition coefficient (Wildman–Crippen LogP) is 4.99. The van der Waals surface area contributed by atoms with E-state index in [4.69, 9.17) is 0 Å². The van der Waals surface area contributed by atoms with Gasteiger partial charge < -0.3 is 0 Å². The Hall–Kier alpha value is -3.12. The maximum absolute atomic E-state index is 12.5. The number of nitrogens with zero attached hydrogens (tertiary/aromatic N) is 2. The SMILES string of the molecule is CC(C)c1ccc(/C=C/C(=O)n2cc(C#N)c3ccccc32)cc1. The molecule has 1 aromatic heterocycles. The number of fused-ring (bicyclic) bond motifs is 1. The van der Waals surface area contributed by atoms with Crippen molar-refractivity contribution in [3.8, 4) is 6.07 Å². The molecule has 0 aliphatic heterocycles. The highest BCUT2D eigenvalue weighted by atomic mass is 16.1. The van der Waals surface area contributed by atoms with Gasteiger partial charge in [0.05, 0.1) is 11.1 Å². The van der Waals surface area contributed by atoms with E-state index in [1.54, 1.807) is 12.3 Å². The number of benzene rings is 2. The number of nitriles is 1. The summed E-state index contributed by atoms with van der Waals surface area (Å²) >= 11 is 0. The van der Waals surface area contributed by atoms with E-state index in [0.717, 1.165) is 16.5 Å². The van der Waals surface area contributed by atoms with Crippen LogP contribution in [-0.4, -0.2) is 10.5 Å². The van der Waals surface area contributed by atoms with Crippen molar-refractivity contribution in [2.24, 2.45) is 0 Å². The predicted molar refractivity (Wildman–Crippen MR) is 96.8 cm³/mol. The van der Waals surface area contributed by atoms with Gasteiger partial charge in [-0.25, -0.2) is 0 Å². The smallest absolute Gasteiger partial charge is 0.255 e. The van der Waals surface area contributed by atoms with E-state index in [1.165, 1.54) is 16.2 Å². The average molecular weight is 314 g/mol. The molecule has 0 fully saturated rings. The molecular weight excluding hydrogens is 296 g/mol. The maximum Gasteiger partial charge on any atom is 0.255 e. The minimum absolute atomic E-state index is 0.166. The lowest BCUT2D eigenvalue weighted by atomic mass is 10.0. The summed E-state index contributed by atoms with van der Waals surface area (Å²) in [4.78, 5) is 12.5. The second-order valence-corrected chi connectivity index (χ2v) is 6.03. The molecule has 0 bridgehead atoms. The first-order valence-electron chi connectivity index (χ1n) is 7.92. The molecule has 0 aliphatic rings. The van der Waals surface area contributed by atoms with Crippen LogP contribution in [0.5, 0.6) is 0 Å². The van der Waals surface area contributed by atoms with Crippen molar-refractivity contribution < 1.29 is 4.79 Å². The molecule has 3 rings (SSSR count). The van der Waals surface area contributed by atoms with Crippen molar-refractivity contribution in [2.45, 2.75) is 19.8 Å². The van der Waals surface area contributed by atoms with E-state index in [1.807, 2.05) is 36.4 Å². The Kier molecular flexibility index (Phi) is 4.31. The summed E-state index contributed by atoms with van der Waals surface area (Å²) in [7, 11) is 0. The quantitative estimate of drug-likeness (QED) is 0.639. The molecule has 0 unspecified atom stereocenters. The van der Waals surface area contributed by atoms with Crippen molar-refractivity contribution in [3.05, 3.63) is 77.5 Å². The molecule has 0 aliphatic carbocycles. The van der Waals surface area contributed by atoms with E-state index < -0.39 is 0 Å². The third-order valence-corrected chi connectivity index (χ3v) is 4.09. The number of carbonyl (C=O) groups is 1. The zero-order valence-electron chi connectivity index (χ0n) is 13.7. The Labute approximate surface area is 141 Å². The third kappa shape index (κ3) is 3.00. The van der Waals surface area contributed by atoms with Gasteiger partial charge in [0, 0.05) is 17.7 Å². The first-order chi connectivity index (χ1) is 11.6. The van der Waals surface area contributed by atoms with Gasteiger partial charge in [-0.05, 0) is 29.2 Å². The fourth-order valence-corrected chi connectivity index (χ4v) is 2.69. The van der Waals surface area contributed by atoms with Gasteiger partial charge in [0.25, 0.3) is 5.91 Å². The normalized spacial score (nSPS) is 11.2. The summed E-state index contributed by atoms with van der Waals surface area (Å²) in [6.45, 7) is 4.30. The van der Waals surface area contributed by atoms with Crippen LogP contribution in [0.3, 0.4) is 0 Å². The molecule has 0 saturated carbocycles. The van der Waals surface area contributed by atoms with Crippen LogP contribution in [0.2, 0.25) is 0 Å². The lowest BCUT2D eigenvalue weighted by molar-refractivity contribution is 0.0974. The van der Waals surface area contributed by atoms with Crippen LogP contribution in [0.1, 0.15) is 41.3 Å². The molecule has 3 heteroatoms. The maximum atomic E-state index is 12.5. The topological polar surface area (TPSA) is 45.8 Å². The standard InChI is InChI=1S/C21H18N2O/c1-15(2)17-10-7-16(8-11-17)9-12-21(24)23-14-18(13-22)19-5-3-4-6-20(19)23/h3-12,14-15H,1-2H3/b12-9+. The van der Waals surface area contributed by atoms with E-state index in [2.05, 4.69) is 32.0 Å². The highest BCUT2D eigenvalue weighted by Gasteiger charge is 2.11. The minimum Gasteiger partial charge on any atom is -0.282 e. The lowest BCUT2D eigenvalue weighted by Gasteiger charge is -2.04.